The van der Waals surface area contributed by atoms with Crippen molar-refractivity contribution in [3.63, 3.8) is 0 Å². The SMILES string of the molecule is O=C(O)CN(CCO)CCOC(=O)CNC(CO)(CO)CO. The fourth-order valence-electron chi connectivity index (χ4n) is 1.52. The molecule has 0 bridgehead atoms. The molecule has 0 unspecified atom stereocenters. The Labute approximate surface area is 127 Å². The molecule has 0 spiro atoms. The number of aliphatic hydroxyl groups is 4. The van der Waals surface area contributed by atoms with Crippen LogP contribution in [-0.2, 0) is 14.3 Å². The molecule has 0 aliphatic carbocycles. The van der Waals surface area contributed by atoms with Crippen molar-refractivity contribution in [2.45, 2.75) is 5.54 Å². The second-order valence-electron chi connectivity index (χ2n) is 4.72. The fraction of sp³-hybridized carbons (Fsp3) is 0.833. The number of esters is 1. The summed E-state index contributed by atoms with van der Waals surface area (Å²) >= 11 is 0. The third-order valence-electron chi connectivity index (χ3n) is 2.96. The standard InChI is InChI=1S/C12H24N2O8/c15-3-1-14(6-10(19)20)2-4-22-11(21)5-13-12(7-16,8-17)9-18/h13,15-18H,1-9H2,(H,19,20). The fourth-order valence-corrected chi connectivity index (χ4v) is 1.52. The summed E-state index contributed by atoms with van der Waals surface area (Å²) in [6.45, 7) is -2.29. The number of rotatable bonds is 13. The zero-order valence-electron chi connectivity index (χ0n) is 12.3. The number of carbonyl (C=O) groups is 2. The van der Waals surface area contributed by atoms with Gasteiger partial charge in [0.2, 0.25) is 0 Å². The molecule has 0 amide bonds. The van der Waals surface area contributed by atoms with Gasteiger partial charge in [0.25, 0.3) is 0 Å². The maximum Gasteiger partial charge on any atom is 0.319 e. The van der Waals surface area contributed by atoms with Crippen LogP contribution in [0.4, 0.5) is 0 Å². The first-order valence-electron chi connectivity index (χ1n) is 6.71. The summed E-state index contributed by atoms with van der Waals surface area (Å²) in [5.41, 5.74) is -1.37. The molecule has 0 aromatic carbocycles. The third kappa shape index (κ3) is 8.22. The number of hydrogen-bond acceptors (Lipinski definition) is 9. The molecule has 0 atom stereocenters. The van der Waals surface area contributed by atoms with Crippen LogP contribution in [0.15, 0.2) is 0 Å². The molecular weight excluding hydrogens is 300 g/mol. The van der Waals surface area contributed by atoms with Crippen molar-refractivity contribution in [1.29, 1.82) is 0 Å². The van der Waals surface area contributed by atoms with Crippen molar-refractivity contribution in [2.75, 3.05) is 59.2 Å². The summed E-state index contributed by atoms with van der Waals surface area (Å²) in [7, 11) is 0. The maximum atomic E-state index is 11.5. The van der Waals surface area contributed by atoms with Gasteiger partial charge in [-0.25, -0.2) is 0 Å². The number of carboxylic acids is 1. The van der Waals surface area contributed by atoms with E-state index in [2.05, 4.69) is 5.32 Å². The van der Waals surface area contributed by atoms with Crippen LogP contribution in [0.2, 0.25) is 0 Å². The van der Waals surface area contributed by atoms with E-state index >= 15 is 0 Å². The van der Waals surface area contributed by atoms with Gasteiger partial charge in [-0.3, -0.25) is 19.8 Å². The van der Waals surface area contributed by atoms with E-state index in [-0.39, 0.29) is 39.4 Å². The summed E-state index contributed by atoms with van der Waals surface area (Å²) in [4.78, 5) is 23.5. The van der Waals surface area contributed by atoms with Crippen molar-refractivity contribution in [2.24, 2.45) is 0 Å². The quantitative estimate of drug-likeness (QED) is 0.185. The maximum absolute atomic E-state index is 11.5. The van der Waals surface area contributed by atoms with Gasteiger partial charge in [0.05, 0.1) is 45.1 Å². The van der Waals surface area contributed by atoms with E-state index < -0.39 is 37.3 Å². The Morgan fingerprint density at radius 2 is 1.64 bits per heavy atom. The number of aliphatic carboxylic acids is 1. The van der Waals surface area contributed by atoms with Crippen LogP contribution < -0.4 is 5.32 Å². The number of hydrogen-bond donors (Lipinski definition) is 6. The Balaban J connectivity index is 4.09. The molecule has 0 aromatic rings. The Morgan fingerprint density at radius 3 is 2.09 bits per heavy atom. The molecule has 0 heterocycles. The number of carboxylic acid groups (broad SMARTS) is 1. The molecule has 10 heteroatoms. The van der Waals surface area contributed by atoms with Gasteiger partial charge in [-0.1, -0.05) is 0 Å². The summed E-state index contributed by atoms with van der Waals surface area (Å²) < 4.78 is 4.87. The van der Waals surface area contributed by atoms with Crippen molar-refractivity contribution in [1.82, 2.24) is 10.2 Å². The van der Waals surface area contributed by atoms with E-state index in [1.807, 2.05) is 0 Å². The highest BCUT2D eigenvalue weighted by molar-refractivity contribution is 5.71. The largest absolute Gasteiger partial charge is 0.480 e. The van der Waals surface area contributed by atoms with Crippen LogP contribution in [0.25, 0.3) is 0 Å². The average Bonchev–Trinajstić information content (AvgIpc) is 2.49. The van der Waals surface area contributed by atoms with Gasteiger partial charge >= 0.3 is 11.9 Å². The molecule has 10 nitrogen and oxygen atoms in total. The molecule has 0 radical (unpaired) electrons. The summed E-state index contributed by atoms with van der Waals surface area (Å²) in [6.07, 6.45) is 0. The first-order valence-corrected chi connectivity index (χ1v) is 6.71. The third-order valence-corrected chi connectivity index (χ3v) is 2.96. The Morgan fingerprint density at radius 1 is 1.05 bits per heavy atom. The van der Waals surface area contributed by atoms with Crippen LogP contribution in [0.1, 0.15) is 0 Å². The highest BCUT2D eigenvalue weighted by Gasteiger charge is 2.28. The predicted octanol–water partition coefficient (Wildman–Crippen LogP) is -3.79. The van der Waals surface area contributed by atoms with Crippen LogP contribution >= 0.6 is 0 Å². The highest BCUT2D eigenvalue weighted by atomic mass is 16.5. The lowest BCUT2D eigenvalue weighted by Gasteiger charge is -2.28. The molecule has 0 aliphatic rings. The number of ether oxygens (including phenoxy) is 1. The van der Waals surface area contributed by atoms with Crippen LogP contribution in [0.5, 0.6) is 0 Å². The lowest BCUT2D eigenvalue weighted by Crippen LogP contribution is -2.56. The molecule has 0 saturated heterocycles. The van der Waals surface area contributed by atoms with Crippen LogP contribution in [0, 0.1) is 0 Å². The topological polar surface area (TPSA) is 160 Å². The van der Waals surface area contributed by atoms with Crippen LogP contribution in [0.3, 0.4) is 0 Å². The molecule has 0 fully saturated rings. The second kappa shape index (κ2) is 11.3. The van der Waals surface area contributed by atoms with Crippen molar-refractivity contribution in [3.8, 4) is 0 Å². The van der Waals surface area contributed by atoms with Gasteiger partial charge in [0, 0.05) is 13.1 Å². The lowest BCUT2D eigenvalue weighted by molar-refractivity contribution is -0.144. The van der Waals surface area contributed by atoms with Gasteiger partial charge in [-0.15, -0.1) is 0 Å². The molecule has 0 rings (SSSR count). The van der Waals surface area contributed by atoms with E-state index in [0.29, 0.717) is 0 Å². The summed E-state index contributed by atoms with van der Waals surface area (Å²) in [5.74, 6) is -1.74. The molecule has 0 aliphatic heterocycles. The molecule has 130 valence electrons. The van der Waals surface area contributed by atoms with E-state index in [4.69, 9.17) is 30.3 Å². The zero-order chi connectivity index (χ0) is 17.0. The monoisotopic (exact) mass is 324 g/mol. The lowest BCUT2D eigenvalue weighted by atomic mass is 10.0. The minimum Gasteiger partial charge on any atom is -0.480 e. The molecule has 0 saturated carbocycles. The predicted molar refractivity (Wildman–Crippen MR) is 74.1 cm³/mol. The van der Waals surface area contributed by atoms with Gasteiger partial charge in [0.15, 0.2) is 0 Å². The van der Waals surface area contributed by atoms with E-state index in [9.17, 15) is 9.59 Å². The molecule has 22 heavy (non-hydrogen) atoms. The highest BCUT2D eigenvalue weighted by Crippen LogP contribution is 2.00. The second-order valence-corrected chi connectivity index (χ2v) is 4.72. The van der Waals surface area contributed by atoms with Crippen molar-refractivity contribution in [3.05, 3.63) is 0 Å². The Bertz CT molecular complexity index is 327. The first-order chi connectivity index (χ1) is 10.4. The Hall–Kier alpha value is -1.30. The average molecular weight is 324 g/mol. The van der Waals surface area contributed by atoms with Gasteiger partial charge < -0.3 is 30.3 Å². The van der Waals surface area contributed by atoms with E-state index in [1.54, 1.807) is 0 Å². The zero-order valence-corrected chi connectivity index (χ0v) is 12.3. The molecular formula is C12H24N2O8. The Kier molecular flexibility index (Phi) is 10.6. The van der Waals surface area contributed by atoms with Crippen molar-refractivity contribution < 1.29 is 39.9 Å². The van der Waals surface area contributed by atoms with Gasteiger partial charge in [0.1, 0.15) is 6.61 Å². The van der Waals surface area contributed by atoms with E-state index in [1.165, 1.54) is 4.90 Å². The number of carbonyl (C=O) groups excluding carboxylic acids is 1. The minimum absolute atomic E-state index is 0.0713. The van der Waals surface area contributed by atoms with Gasteiger partial charge in [-0.2, -0.15) is 0 Å². The first kappa shape index (κ1) is 20.7. The number of nitrogens with one attached hydrogen (secondary N) is 1. The molecule has 6 N–H and O–H groups in total. The summed E-state index contributed by atoms with van der Waals surface area (Å²) in [6, 6.07) is 0. The van der Waals surface area contributed by atoms with E-state index in [0.717, 1.165) is 0 Å². The number of aliphatic hydroxyl groups excluding tert-OH is 4. The van der Waals surface area contributed by atoms with Crippen LogP contribution in [-0.4, -0.2) is 107 Å². The summed E-state index contributed by atoms with van der Waals surface area (Å²) in [5, 5.41) is 47.1. The normalized spacial score (nSPS) is 11.7. The van der Waals surface area contributed by atoms with Crippen molar-refractivity contribution >= 4 is 11.9 Å². The minimum atomic E-state index is -1.37. The smallest absolute Gasteiger partial charge is 0.319 e. The van der Waals surface area contributed by atoms with Gasteiger partial charge in [-0.05, 0) is 0 Å². The number of nitrogens with zero attached hydrogens (tertiary/aromatic N) is 1. The molecule has 0 aromatic heterocycles.